The summed E-state index contributed by atoms with van der Waals surface area (Å²) in [5.41, 5.74) is 2.73. The number of benzene rings is 2. The zero-order valence-corrected chi connectivity index (χ0v) is 10.6. The third-order valence-electron chi connectivity index (χ3n) is 3.01. The van der Waals surface area contributed by atoms with E-state index in [-0.39, 0.29) is 11.1 Å². The van der Waals surface area contributed by atoms with Gasteiger partial charge in [-0.05, 0) is 19.1 Å². The molecule has 0 fully saturated rings. The molecule has 1 unspecified atom stereocenters. The maximum atomic E-state index is 13.8. The van der Waals surface area contributed by atoms with Gasteiger partial charge in [0.1, 0.15) is 5.82 Å². The van der Waals surface area contributed by atoms with Crippen LogP contribution >= 0.6 is 0 Å². The highest BCUT2D eigenvalue weighted by Gasteiger charge is 2.23. The van der Waals surface area contributed by atoms with Crippen molar-refractivity contribution in [3.8, 4) is 0 Å². The van der Waals surface area contributed by atoms with E-state index in [0.717, 1.165) is 17.7 Å². The van der Waals surface area contributed by atoms with Gasteiger partial charge in [-0.25, -0.2) is 23.0 Å². The predicted molar refractivity (Wildman–Crippen MR) is 66.6 cm³/mol. The molecule has 2 aromatic carbocycles. The largest absolute Gasteiger partial charge is 0.271 e. The van der Waals surface area contributed by atoms with E-state index in [1.165, 1.54) is 18.2 Å². The molecule has 0 aromatic heterocycles. The Labute approximate surface area is 113 Å². The zero-order chi connectivity index (χ0) is 14.9. The highest BCUT2D eigenvalue weighted by molar-refractivity contribution is 5.36. The number of hydrogen-bond acceptors (Lipinski definition) is 2. The SMILES string of the molecule is Cc1ccc(F)c(C(NN)c2ccc(F)c(F)c2F)c1. The molecule has 0 aliphatic heterocycles. The summed E-state index contributed by atoms with van der Waals surface area (Å²) in [4.78, 5) is 0. The summed E-state index contributed by atoms with van der Waals surface area (Å²) in [6, 6.07) is 4.87. The number of nitrogens with one attached hydrogen (secondary N) is 1. The summed E-state index contributed by atoms with van der Waals surface area (Å²) in [6.45, 7) is 1.72. The second-order valence-electron chi connectivity index (χ2n) is 4.39. The van der Waals surface area contributed by atoms with Crippen molar-refractivity contribution in [1.29, 1.82) is 0 Å². The minimum atomic E-state index is -1.61. The molecule has 0 aliphatic rings. The van der Waals surface area contributed by atoms with E-state index in [1.807, 2.05) is 0 Å². The second-order valence-corrected chi connectivity index (χ2v) is 4.39. The van der Waals surface area contributed by atoms with Crippen molar-refractivity contribution in [2.75, 3.05) is 0 Å². The van der Waals surface area contributed by atoms with Gasteiger partial charge in [-0.2, -0.15) is 0 Å². The van der Waals surface area contributed by atoms with E-state index in [0.29, 0.717) is 0 Å². The topological polar surface area (TPSA) is 38.0 Å². The van der Waals surface area contributed by atoms with Crippen molar-refractivity contribution in [3.63, 3.8) is 0 Å². The monoisotopic (exact) mass is 284 g/mol. The first-order chi connectivity index (χ1) is 9.45. The van der Waals surface area contributed by atoms with E-state index < -0.39 is 29.3 Å². The smallest absolute Gasteiger partial charge is 0.194 e. The van der Waals surface area contributed by atoms with Crippen LogP contribution in [0.1, 0.15) is 22.7 Å². The molecule has 1 atom stereocenters. The number of hydrogen-bond donors (Lipinski definition) is 2. The van der Waals surface area contributed by atoms with Gasteiger partial charge >= 0.3 is 0 Å². The van der Waals surface area contributed by atoms with Gasteiger partial charge in [0, 0.05) is 11.1 Å². The van der Waals surface area contributed by atoms with Crippen LogP contribution in [0.5, 0.6) is 0 Å². The molecule has 2 aromatic rings. The average Bonchev–Trinajstić information content (AvgIpc) is 2.43. The van der Waals surface area contributed by atoms with E-state index in [4.69, 9.17) is 5.84 Å². The molecular weight excluding hydrogens is 272 g/mol. The Kier molecular flexibility index (Phi) is 4.06. The van der Waals surface area contributed by atoms with Crippen molar-refractivity contribution in [2.45, 2.75) is 13.0 Å². The molecule has 20 heavy (non-hydrogen) atoms. The molecule has 0 bridgehead atoms. The molecule has 0 saturated heterocycles. The summed E-state index contributed by atoms with van der Waals surface area (Å²) in [6.07, 6.45) is 0. The summed E-state index contributed by atoms with van der Waals surface area (Å²) in [5, 5.41) is 0. The third kappa shape index (κ3) is 2.52. The van der Waals surface area contributed by atoms with Crippen LogP contribution in [0, 0.1) is 30.2 Å². The number of hydrazine groups is 1. The van der Waals surface area contributed by atoms with E-state index >= 15 is 0 Å². The Morgan fingerprint density at radius 3 is 2.20 bits per heavy atom. The van der Waals surface area contributed by atoms with Crippen LogP contribution in [0.4, 0.5) is 17.6 Å². The lowest BCUT2D eigenvalue weighted by Gasteiger charge is -2.19. The fraction of sp³-hybridized carbons (Fsp3) is 0.143. The van der Waals surface area contributed by atoms with Crippen LogP contribution < -0.4 is 11.3 Å². The van der Waals surface area contributed by atoms with Crippen LogP contribution in [0.25, 0.3) is 0 Å². The first kappa shape index (κ1) is 14.5. The van der Waals surface area contributed by atoms with Gasteiger partial charge in [-0.1, -0.05) is 23.8 Å². The Morgan fingerprint density at radius 1 is 0.900 bits per heavy atom. The fourth-order valence-electron chi connectivity index (χ4n) is 2.00. The number of halogens is 4. The quantitative estimate of drug-likeness (QED) is 0.393. The lowest BCUT2D eigenvalue weighted by atomic mass is 9.96. The summed E-state index contributed by atoms with van der Waals surface area (Å²) < 4.78 is 53.8. The molecule has 0 spiro atoms. The maximum absolute atomic E-state index is 13.8. The van der Waals surface area contributed by atoms with Gasteiger partial charge < -0.3 is 0 Å². The van der Waals surface area contributed by atoms with Crippen molar-refractivity contribution >= 4 is 0 Å². The molecule has 3 N–H and O–H groups in total. The minimum Gasteiger partial charge on any atom is -0.271 e. The molecule has 0 aliphatic carbocycles. The molecule has 2 rings (SSSR count). The Bertz CT molecular complexity index is 643. The first-order valence-electron chi connectivity index (χ1n) is 5.81. The average molecular weight is 284 g/mol. The number of rotatable bonds is 3. The highest BCUT2D eigenvalue weighted by Crippen LogP contribution is 2.28. The molecule has 0 amide bonds. The Balaban J connectivity index is 2.58. The minimum absolute atomic E-state index is 0.0532. The van der Waals surface area contributed by atoms with Gasteiger partial charge in [0.25, 0.3) is 0 Å². The molecular formula is C14H12F4N2. The van der Waals surface area contributed by atoms with Crippen molar-refractivity contribution in [2.24, 2.45) is 5.84 Å². The van der Waals surface area contributed by atoms with Crippen LogP contribution in [0.3, 0.4) is 0 Å². The second kappa shape index (κ2) is 5.60. The van der Waals surface area contributed by atoms with Gasteiger partial charge in [-0.15, -0.1) is 0 Å². The molecule has 0 heterocycles. The van der Waals surface area contributed by atoms with Gasteiger partial charge in [0.15, 0.2) is 17.5 Å². The van der Waals surface area contributed by atoms with Gasteiger partial charge in [-0.3, -0.25) is 5.84 Å². The van der Waals surface area contributed by atoms with Gasteiger partial charge in [0.2, 0.25) is 0 Å². The van der Waals surface area contributed by atoms with Crippen LogP contribution in [-0.2, 0) is 0 Å². The Morgan fingerprint density at radius 2 is 1.55 bits per heavy atom. The molecule has 2 nitrogen and oxygen atoms in total. The lowest BCUT2D eigenvalue weighted by molar-refractivity contribution is 0.431. The van der Waals surface area contributed by atoms with Crippen molar-refractivity contribution in [1.82, 2.24) is 5.43 Å². The fourth-order valence-corrected chi connectivity index (χ4v) is 2.00. The van der Waals surface area contributed by atoms with Gasteiger partial charge in [0.05, 0.1) is 6.04 Å². The number of aryl methyl sites for hydroxylation is 1. The molecule has 6 heteroatoms. The molecule has 0 saturated carbocycles. The van der Waals surface area contributed by atoms with Crippen LogP contribution in [-0.4, -0.2) is 0 Å². The molecule has 0 radical (unpaired) electrons. The third-order valence-corrected chi connectivity index (χ3v) is 3.01. The summed E-state index contributed by atoms with van der Waals surface area (Å²) >= 11 is 0. The van der Waals surface area contributed by atoms with Crippen molar-refractivity contribution in [3.05, 3.63) is 70.3 Å². The predicted octanol–water partition coefficient (Wildman–Crippen LogP) is 3.10. The standard InChI is InChI=1S/C14H12F4N2/c1-7-2-4-10(15)9(6-7)14(20-19)8-3-5-11(16)13(18)12(8)17/h2-6,14,20H,19H2,1H3. The number of nitrogens with two attached hydrogens (primary N) is 1. The molecule has 106 valence electrons. The lowest BCUT2D eigenvalue weighted by Crippen LogP contribution is -2.30. The highest BCUT2D eigenvalue weighted by atomic mass is 19.2. The van der Waals surface area contributed by atoms with Crippen molar-refractivity contribution < 1.29 is 17.6 Å². The van der Waals surface area contributed by atoms with E-state index in [9.17, 15) is 17.6 Å². The maximum Gasteiger partial charge on any atom is 0.194 e. The normalized spacial score (nSPS) is 12.5. The zero-order valence-electron chi connectivity index (χ0n) is 10.6. The summed E-state index contributed by atoms with van der Waals surface area (Å²) in [7, 11) is 0. The Hall–Kier alpha value is -1.92. The van der Waals surface area contributed by atoms with E-state index in [1.54, 1.807) is 6.92 Å². The van der Waals surface area contributed by atoms with Crippen LogP contribution in [0.15, 0.2) is 30.3 Å². The van der Waals surface area contributed by atoms with E-state index in [2.05, 4.69) is 5.43 Å². The summed E-state index contributed by atoms with van der Waals surface area (Å²) in [5.74, 6) is 0.368. The first-order valence-corrected chi connectivity index (χ1v) is 5.81. The van der Waals surface area contributed by atoms with Crippen LogP contribution in [0.2, 0.25) is 0 Å².